The third kappa shape index (κ3) is 6.10. The monoisotopic (exact) mass is 487 g/mol. The number of carbonyl (C=O) groups excluding carboxylic acids is 2. The average Bonchev–Trinajstić information content (AvgIpc) is 3.62. The number of benzene rings is 1. The highest BCUT2D eigenvalue weighted by Gasteiger charge is 2.45. The third-order valence-electron chi connectivity index (χ3n) is 8.04. The van der Waals surface area contributed by atoms with Crippen LogP contribution in [0.4, 0.5) is 13.6 Å². The number of halogens is 2. The number of hydrogen-bond donors (Lipinski definition) is 2. The fraction of sp³-hybridized carbons (Fsp3) is 0.654. The van der Waals surface area contributed by atoms with Gasteiger partial charge < -0.3 is 20.4 Å². The van der Waals surface area contributed by atoms with Crippen molar-refractivity contribution in [3.05, 3.63) is 35.9 Å². The van der Waals surface area contributed by atoms with E-state index in [1.807, 2.05) is 7.05 Å². The highest BCUT2D eigenvalue weighted by atomic mass is 19.3. The van der Waals surface area contributed by atoms with Gasteiger partial charge in [0.25, 0.3) is 5.92 Å². The summed E-state index contributed by atoms with van der Waals surface area (Å²) in [4.78, 5) is 30.0. The number of rotatable bonds is 7. The largest absolute Gasteiger partial charge is 0.336 e. The first-order valence-electron chi connectivity index (χ1n) is 12.6. The normalized spacial score (nSPS) is 22.2. The van der Waals surface area contributed by atoms with Crippen molar-refractivity contribution in [1.29, 1.82) is 5.26 Å². The minimum atomic E-state index is -3.14. The Hall–Kier alpha value is -2.73. The lowest BCUT2D eigenvalue weighted by atomic mass is 9.88. The Morgan fingerprint density at radius 2 is 1.69 bits per heavy atom. The number of amides is 3. The smallest absolute Gasteiger partial charge is 0.318 e. The van der Waals surface area contributed by atoms with E-state index in [1.165, 1.54) is 25.0 Å². The lowest BCUT2D eigenvalue weighted by Crippen LogP contribution is -2.59. The molecule has 2 saturated heterocycles. The molecule has 1 aliphatic carbocycles. The number of nitrogens with zero attached hydrogens (tertiary/aromatic N) is 3. The predicted octanol–water partition coefficient (Wildman–Crippen LogP) is 3.62. The molecule has 1 aromatic rings. The maximum Gasteiger partial charge on any atom is 0.318 e. The molecule has 190 valence electrons. The summed E-state index contributed by atoms with van der Waals surface area (Å²) in [5.74, 6) is -3.72. The molecule has 2 aliphatic heterocycles. The molecular weight excluding hydrogens is 452 g/mol. The molecule has 1 spiro atoms. The predicted molar refractivity (Wildman–Crippen MR) is 128 cm³/mol. The van der Waals surface area contributed by atoms with Crippen LogP contribution in [0.15, 0.2) is 30.3 Å². The van der Waals surface area contributed by atoms with Gasteiger partial charge in [0.15, 0.2) is 0 Å². The van der Waals surface area contributed by atoms with Gasteiger partial charge in [-0.1, -0.05) is 30.3 Å². The van der Waals surface area contributed by atoms with E-state index in [-0.39, 0.29) is 12.0 Å². The van der Waals surface area contributed by atoms with Crippen LogP contribution in [0.5, 0.6) is 0 Å². The number of piperidine rings is 2. The highest BCUT2D eigenvalue weighted by Crippen LogP contribution is 2.53. The first kappa shape index (κ1) is 25.4. The molecule has 1 atom stereocenters. The number of likely N-dealkylation sites (tertiary alicyclic amines) is 2. The molecule has 3 aliphatic rings. The van der Waals surface area contributed by atoms with Crippen LogP contribution >= 0.6 is 0 Å². The van der Waals surface area contributed by atoms with Crippen LogP contribution < -0.4 is 10.6 Å². The summed E-state index contributed by atoms with van der Waals surface area (Å²) in [7, 11) is 1.95. The Labute approximate surface area is 205 Å². The Kier molecular flexibility index (Phi) is 7.32. The fourth-order valence-corrected chi connectivity index (χ4v) is 5.11. The quantitative estimate of drug-likeness (QED) is 0.615. The lowest BCUT2D eigenvalue weighted by molar-refractivity contribution is -0.125. The minimum absolute atomic E-state index is 0.125. The molecule has 2 N–H and O–H groups in total. The molecule has 0 unspecified atom stereocenters. The van der Waals surface area contributed by atoms with Gasteiger partial charge in [-0.3, -0.25) is 4.79 Å². The van der Waals surface area contributed by atoms with Crippen LogP contribution in [0.25, 0.3) is 0 Å². The molecular formula is C26H35F2N5O2. The standard InChI is InChI=1S/C26H35F2N5O2/c1-32-15-13-25(19-29,14-16-32)31-22(34)21(7-8-26(27,28)20-5-3-2-4-6-20)30-23(35)33-17-11-24(9-10-24)12-18-33/h2-6,21H,7-18H2,1H3,(H,30,35)(H,31,34)/t21-/m0/s1. The van der Waals surface area contributed by atoms with Crippen LogP contribution in [-0.4, -0.2) is 66.5 Å². The van der Waals surface area contributed by atoms with Crippen LogP contribution in [0.1, 0.15) is 56.9 Å². The Bertz CT molecular complexity index is 942. The topological polar surface area (TPSA) is 88.5 Å². The molecule has 35 heavy (non-hydrogen) atoms. The van der Waals surface area contributed by atoms with E-state index < -0.39 is 35.9 Å². The zero-order chi connectivity index (χ0) is 25.1. The Morgan fingerprint density at radius 3 is 2.26 bits per heavy atom. The molecule has 9 heteroatoms. The van der Waals surface area contributed by atoms with E-state index in [9.17, 15) is 23.6 Å². The summed E-state index contributed by atoms with van der Waals surface area (Å²) in [6.45, 7) is 2.50. The molecule has 4 rings (SSSR count). The van der Waals surface area contributed by atoms with Crippen molar-refractivity contribution < 1.29 is 18.4 Å². The van der Waals surface area contributed by atoms with Crippen molar-refractivity contribution in [3.63, 3.8) is 0 Å². The number of nitriles is 1. The summed E-state index contributed by atoms with van der Waals surface area (Å²) in [5, 5.41) is 15.3. The number of alkyl halides is 2. The molecule has 2 heterocycles. The van der Waals surface area contributed by atoms with Gasteiger partial charge in [0, 0.05) is 38.2 Å². The van der Waals surface area contributed by atoms with Crippen molar-refractivity contribution in [2.24, 2.45) is 5.41 Å². The van der Waals surface area contributed by atoms with Gasteiger partial charge in [0.05, 0.1) is 6.07 Å². The highest BCUT2D eigenvalue weighted by molar-refractivity contribution is 5.87. The molecule has 3 amide bonds. The second-order valence-corrected chi connectivity index (χ2v) is 10.6. The lowest BCUT2D eigenvalue weighted by Gasteiger charge is -2.37. The van der Waals surface area contributed by atoms with Crippen molar-refractivity contribution in [2.45, 2.75) is 68.9 Å². The minimum Gasteiger partial charge on any atom is -0.336 e. The van der Waals surface area contributed by atoms with Crippen LogP contribution in [0.3, 0.4) is 0 Å². The summed E-state index contributed by atoms with van der Waals surface area (Å²) < 4.78 is 29.8. The second kappa shape index (κ2) is 10.1. The number of urea groups is 1. The van der Waals surface area contributed by atoms with E-state index in [2.05, 4.69) is 21.6 Å². The van der Waals surface area contributed by atoms with Gasteiger partial charge >= 0.3 is 6.03 Å². The van der Waals surface area contributed by atoms with E-state index in [4.69, 9.17) is 0 Å². The molecule has 3 fully saturated rings. The van der Waals surface area contributed by atoms with Crippen LogP contribution in [0.2, 0.25) is 0 Å². The van der Waals surface area contributed by atoms with Gasteiger partial charge in [-0.25, -0.2) is 13.6 Å². The van der Waals surface area contributed by atoms with Crippen molar-refractivity contribution in [1.82, 2.24) is 20.4 Å². The molecule has 0 radical (unpaired) electrons. The maximum atomic E-state index is 14.9. The van der Waals surface area contributed by atoms with Crippen molar-refractivity contribution in [3.8, 4) is 6.07 Å². The summed E-state index contributed by atoms with van der Waals surface area (Å²) in [5.41, 5.74) is -0.795. The number of nitrogens with one attached hydrogen (secondary N) is 2. The average molecular weight is 488 g/mol. The van der Waals surface area contributed by atoms with Gasteiger partial charge in [0.2, 0.25) is 5.91 Å². The van der Waals surface area contributed by atoms with E-state index in [1.54, 1.807) is 23.1 Å². The Balaban J connectivity index is 1.44. The SMILES string of the molecule is CN1CCC(C#N)(NC(=O)[C@H](CCC(F)(F)c2ccccc2)NC(=O)N2CCC3(CC2)CC3)CC1. The summed E-state index contributed by atoms with van der Waals surface area (Å²) >= 11 is 0. The van der Waals surface area contributed by atoms with E-state index in [0.29, 0.717) is 44.4 Å². The molecule has 0 aromatic heterocycles. The zero-order valence-electron chi connectivity index (χ0n) is 20.4. The first-order chi connectivity index (χ1) is 16.7. The van der Waals surface area contributed by atoms with Gasteiger partial charge in [-0.15, -0.1) is 0 Å². The van der Waals surface area contributed by atoms with E-state index in [0.717, 1.165) is 12.8 Å². The summed E-state index contributed by atoms with van der Waals surface area (Å²) in [6, 6.07) is 8.16. The van der Waals surface area contributed by atoms with Crippen molar-refractivity contribution >= 4 is 11.9 Å². The third-order valence-corrected chi connectivity index (χ3v) is 8.04. The molecule has 1 aromatic carbocycles. The molecule has 7 nitrogen and oxygen atoms in total. The van der Waals surface area contributed by atoms with Crippen LogP contribution in [0, 0.1) is 16.7 Å². The summed E-state index contributed by atoms with van der Waals surface area (Å²) in [6.07, 6.45) is 4.34. The van der Waals surface area contributed by atoms with Gasteiger partial charge in [0.1, 0.15) is 11.6 Å². The number of hydrogen-bond acceptors (Lipinski definition) is 4. The fourth-order valence-electron chi connectivity index (χ4n) is 5.11. The Morgan fingerprint density at radius 1 is 1.06 bits per heavy atom. The molecule has 1 saturated carbocycles. The molecule has 0 bridgehead atoms. The zero-order valence-corrected chi connectivity index (χ0v) is 20.4. The second-order valence-electron chi connectivity index (χ2n) is 10.6. The van der Waals surface area contributed by atoms with Gasteiger partial charge in [-0.05, 0) is 57.4 Å². The maximum absolute atomic E-state index is 14.9. The first-order valence-corrected chi connectivity index (χ1v) is 12.6. The van der Waals surface area contributed by atoms with Crippen LogP contribution in [-0.2, 0) is 10.7 Å². The van der Waals surface area contributed by atoms with Crippen molar-refractivity contribution in [2.75, 3.05) is 33.2 Å². The van der Waals surface area contributed by atoms with Gasteiger partial charge in [-0.2, -0.15) is 5.26 Å². The number of carbonyl (C=O) groups is 2. The van der Waals surface area contributed by atoms with E-state index >= 15 is 0 Å².